The number of nitrogens with one attached hydrogen (secondary N) is 1. The summed E-state index contributed by atoms with van der Waals surface area (Å²) in [7, 11) is 0. The monoisotopic (exact) mass is 412 g/mol. The maximum absolute atomic E-state index is 11.9. The lowest BCUT2D eigenvalue weighted by Crippen LogP contribution is -2.24. The highest BCUT2D eigenvalue weighted by Crippen LogP contribution is 2.21. The molecule has 0 aliphatic carbocycles. The van der Waals surface area contributed by atoms with E-state index in [1.54, 1.807) is 53.2 Å². The molecule has 1 heterocycles. The summed E-state index contributed by atoms with van der Waals surface area (Å²) in [6.45, 7) is 1.65. The fraction of sp³-hybridized carbons (Fsp3) is 0.100. The van der Waals surface area contributed by atoms with Crippen molar-refractivity contribution in [3.05, 3.63) is 87.2 Å². The summed E-state index contributed by atoms with van der Waals surface area (Å²) in [6.07, 6.45) is 3.27. The van der Waals surface area contributed by atoms with Crippen molar-refractivity contribution in [3.8, 4) is 11.4 Å². The molecule has 0 saturated heterocycles. The Balaban J connectivity index is 1.58. The van der Waals surface area contributed by atoms with Crippen LogP contribution in [0.2, 0.25) is 5.02 Å². The lowest BCUT2D eigenvalue weighted by atomic mass is 10.2. The number of non-ortho nitro benzene ring substituents is 1. The standard InChI is InChI=1S/C20H17ClN4O4/c1-14-11-18(8-9-19(14)21)29-13-20(26)23-22-12-17-3-2-10-24(17)15-4-6-16(7-5-15)25(27)28/h2-12H,13H2,1H3,(H,23,26)/b22-12-. The van der Waals surface area contributed by atoms with Gasteiger partial charge in [-0.2, -0.15) is 5.10 Å². The zero-order valence-corrected chi connectivity index (χ0v) is 16.2. The van der Waals surface area contributed by atoms with Gasteiger partial charge in [0.15, 0.2) is 6.61 Å². The molecule has 0 atom stereocenters. The van der Waals surface area contributed by atoms with Crippen molar-refractivity contribution >= 4 is 29.4 Å². The molecule has 0 fully saturated rings. The molecular formula is C20H17ClN4O4. The Bertz CT molecular complexity index is 1060. The Hall–Kier alpha value is -3.65. The average Bonchev–Trinajstić information content (AvgIpc) is 3.17. The van der Waals surface area contributed by atoms with Crippen LogP contribution in [0.5, 0.6) is 5.75 Å². The maximum atomic E-state index is 11.9. The van der Waals surface area contributed by atoms with Crippen LogP contribution >= 0.6 is 11.6 Å². The molecule has 0 saturated carbocycles. The van der Waals surface area contributed by atoms with Crippen LogP contribution in [0.1, 0.15) is 11.3 Å². The minimum absolute atomic E-state index is 0.0132. The summed E-state index contributed by atoms with van der Waals surface area (Å²) >= 11 is 5.95. The largest absolute Gasteiger partial charge is 0.484 e. The van der Waals surface area contributed by atoms with E-state index in [9.17, 15) is 14.9 Å². The lowest BCUT2D eigenvalue weighted by Gasteiger charge is -2.07. The number of ether oxygens (including phenoxy) is 1. The third kappa shape index (κ3) is 5.20. The maximum Gasteiger partial charge on any atom is 0.277 e. The predicted octanol–water partition coefficient (Wildman–Crippen LogP) is 3.88. The zero-order chi connectivity index (χ0) is 20.8. The number of carbonyl (C=O) groups is 1. The Labute approximate surface area is 171 Å². The third-order valence-corrected chi connectivity index (χ3v) is 4.43. The number of hydrogen-bond acceptors (Lipinski definition) is 5. The predicted molar refractivity (Wildman–Crippen MR) is 110 cm³/mol. The molecule has 29 heavy (non-hydrogen) atoms. The van der Waals surface area contributed by atoms with Crippen LogP contribution in [0.3, 0.4) is 0 Å². The SMILES string of the molecule is Cc1cc(OCC(=O)N/N=C\c2cccn2-c2ccc([N+](=O)[O-])cc2)ccc1Cl. The van der Waals surface area contributed by atoms with Gasteiger partial charge in [0.1, 0.15) is 5.75 Å². The molecular weight excluding hydrogens is 396 g/mol. The summed E-state index contributed by atoms with van der Waals surface area (Å²) in [5, 5.41) is 15.3. The van der Waals surface area contributed by atoms with E-state index in [2.05, 4.69) is 10.5 Å². The number of hydrogen-bond donors (Lipinski definition) is 1. The quantitative estimate of drug-likeness (QED) is 0.361. The number of amides is 1. The molecule has 0 aliphatic heterocycles. The van der Waals surface area contributed by atoms with Crippen molar-refractivity contribution < 1.29 is 14.5 Å². The van der Waals surface area contributed by atoms with E-state index < -0.39 is 10.8 Å². The van der Waals surface area contributed by atoms with Crippen LogP contribution in [-0.2, 0) is 4.79 Å². The van der Waals surface area contributed by atoms with Crippen LogP contribution in [0.15, 0.2) is 65.9 Å². The summed E-state index contributed by atoms with van der Waals surface area (Å²) in [4.78, 5) is 22.2. The summed E-state index contributed by atoms with van der Waals surface area (Å²) in [5.41, 5.74) is 4.69. The first kappa shape index (κ1) is 20.1. The van der Waals surface area contributed by atoms with Crippen molar-refractivity contribution in [1.82, 2.24) is 9.99 Å². The third-order valence-electron chi connectivity index (χ3n) is 4.00. The van der Waals surface area contributed by atoms with Crippen LogP contribution in [0.4, 0.5) is 5.69 Å². The van der Waals surface area contributed by atoms with Crippen molar-refractivity contribution in [3.63, 3.8) is 0 Å². The Morgan fingerprint density at radius 3 is 2.72 bits per heavy atom. The fourth-order valence-corrected chi connectivity index (χ4v) is 2.65. The molecule has 0 unspecified atom stereocenters. The number of benzene rings is 2. The van der Waals surface area contributed by atoms with Crippen LogP contribution in [-0.4, -0.2) is 28.2 Å². The zero-order valence-electron chi connectivity index (χ0n) is 15.4. The highest BCUT2D eigenvalue weighted by molar-refractivity contribution is 6.31. The van der Waals surface area contributed by atoms with Gasteiger partial charge in [0, 0.05) is 29.0 Å². The first-order valence-electron chi connectivity index (χ1n) is 8.57. The molecule has 0 aliphatic rings. The average molecular weight is 413 g/mol. The topological polar surface area (TPSA) is 98.8 Å². The van der Waals surface area contributed by atoms with Crippen molar-refractivity contribution in [2.45, 2.75) is 6.92 Å². The number of hydrazone groups is 1. The molecule has 1 amide bonds. The van der Waals surface area contributed by atoms with E-state index in [1.807, 2.05) is 6.92 Å². The highest BCUT2D eigenvalue weighted by Gasteiger charge is 2.07. The van der Waals surface area contributed by atoms with Crippen LogP contribution in [0.25, 0.3) is 5.69 Å². The van der Waals surface area contributed by atoms with Gasteiger partial charge in [-0.1, -0.05) is 11.6 Å². The molecule has 2 aromatic carbocycles. The van der Waals surface area contributed by atoms with Gasteiger partial charge in [-0.15, -0.1) is 0 Å². The number of nitro groups is 1. The molecule has 0 spiro atoms. The Morgan fingerprint density at radius 2 is 2.03 bits per heavy atom. The molecule has 3 aromatic rings. The first-order valence-corrected chi connectivity index (χ1v) is 8.95. The molecule has 0 bridgehead atoms. The van der Waals surface area contributed by atoms with E-state index in [0.29, 0.717) is 16.5 Å². The minimum Gasteiger partial charge on any atom is -0.484 e. The molecule has 0 radical (unpaired) electrons. The second-order valence-electron chi connectivity index (χ2n) is 6.07. The second kappa shape index (κ2) is 9.03. The lowest BCUT2D eigenvalue weighted by molar-refractivity contribution is -0.384. The first-order chi connectivity index (χ1) is 13.9. The summed E-state index contributed by atoms with van der Waals surface area (Å²) in [5.74, 6) is 0.125. The summed E-state index contributed by atoms with van der Waals surface area (Å²) < 4.78 is 7.19. The number of nitro benzene ring substituents is 1. The van der Waals surface area contributed by atoms with E-state index >= 15 is 0 Å². The second-order valence-corrected chi connectivity index (χ2v) is 6.48. The molecule has 3 rings (SSSR count). The van der Waals surface area contributed by atoms with Crippen molar-refractivity contribution in [1.29, 1.82) is 0 Å². The molecule has 8 nitrogen and oxygen atoms in total. The number of halogens is 1. The summed E-state index contributed by atoms with van der Waals surface area (Å²) in [6, 6.07) is 14.8. The number of carbonyl (C=O) groups excluding carboxylic acids is 1. The molecule has 148 valence electrons. The molecule has 1 aromatic heterocycles. The van der Waals surface area contributed by atoms with Gasteiger partial charge >= 0.3 is 0 Å². The van der Waals surface area contributed by atoms with E-state index in [1.165, 1.54) is 18.3 Å². The molecule has 1 N–H and O–H groups in total. The van der Waals surface area contributed by atoms with Gasteiger partial charge in [-0.05, 0) is 55.0 Å². The van der Waals surface area contributed by atoms with Gasteiger partial charge in [0.05, 0.1) is 16.8 Å². The normalized spacial score (nSPS) is 10.8. The van der Waals surface area contributed by atoms with Gasteiger partial charge in [-0.3, -0.25) is 14.9 Å². The smallest absolute Gasteiger partial charge is 0.277 e. The Kier molecular flexibility index (Phi) is 6.25. The number of aromatic nitrogens is 1. The van der Waals surface area contributed by atoms with Crippen LogP contribution < -0.4 is 10.2 Å². The van der Waals surface area contributed by atoms with E-state index in [0.717, 1.165) is 11.3 Å². The number of aryl methyl sites for hydroxylation is 1. The van der Waals surface area contributed by atoms with Gasteiger partial charge in [0.2, 0.25) is 0 Å². The molecule has 9 heteroatoms. The van der Waals surface area contributed by atoms with Gasteiger partial charge in [0.25, 0.3) is 11.6 Å². The number of nitrogens with zero attached hydrogens (tertiary/aromatic N) is 3. The highest BCUT2D eigenvalue weighted by atomic mass is 35.5. The fourth-order valence-electron chi connectivity index (χ4n) is 2.53. The van der Waals surface area contributed by atoms with Crippen molar-refractivity contribution in [2.24, 2.45) is 5.10 Å². The van der Waals surface area contributed by atoms with Gasteiger partial charge in [-0.25, -0.2) is 5.43 Å². The van der Waals surface area contributed by atoms with E-state index in [4.69, 9.17) is 16.3 Å². The van der Waals surface area contributed by atoms with Gasteiger partial charge < -0.3 is 9.30 Å². The number of rotatable bonds is 7. The van der Waals surface area contributed by atoms with E-state index in [-0.39, 0.29) is 12.3 Å². The van der Waals surface area contributed by atoms with Crippen molar-refractivity contribution in [2.75, 3.05) is 6.61 Å². The van der Waals surface area contributed by atoms with Crippen LogP contribution in [0, 0.1) is 17.0 Å². The minimum atomic E-state index is -0.454. The Morgan fingerprint density at radius 1 is 1.28 bits per heavy atom.